The number of hydrogen-bond acceptors (Lipinski definition) is 1. The van der Waals surface area contributed by atoms with E-state index < -0.39 is 18.0 Å². The van der Waals surface area contributed by atoms with Crippen molar-refractivity contribution >= 4 is 0 Å². The van der Waals surface area contributed by atoms with E-state index in [0.29, 0.717) is 0 Å². The van der Waals surface area contributed by atoms with Gasteiger partial charge in [0.25, 0.3) is 0 Å². The quantitative estimate of drug-likeness (QED) is 0.442. The fourth-order valence-electron chi connectivity index (χ4n) is 0.126. The number of hydrogen-bond donors (Lipinski definition) is 1. The summed E-state index contributed by atoms with van der Waals surface area (Å²) in [5, 5.41) is 0. The first kappa shape index (κ1) is 8.35. The summed E-state index contributed by atoms with van der Waals surface area (Å²) in [7, 11) is 0. The van der Waals surface area contributed by atoms with Crippen molar-refractivity contribution in [2.75, 3.05) is 0 Å². The molecule has 0 unspecified atom stereocenters. The zero-order valence-electron chi connectivity index (χ0n) is 3.97. The average Bonchev–Trinajstić information content (AvgIpc) is 1.62. The number of nitrogens with two attached hydrogens (primary N) is 1. The zero-order chi connectivity index (χ0) is 7.65. The van der Waals surface area contributed by atoms with Gasteiger partial charge in [-0.1, -0.05) is 0 Å². The summed E-state index contributed by atoms with van der Waals surface area (Å²) in [6.07, 6.45) is -3.09. The molecule has 1 nitrogen and oxygen atoms in total. The highest BCUT2D eigenvalue weighted by Crippen LogP contribution is 2.23. The van der Waals surface area contributed by atoms with E-state index in [2.05, 4.69) is 5.73 Å². The van der Waals surface area contributed by atoms with Gasteiger partial charge in [0, 0.05) is 0 Å². The van der Waals surface area contributed by atoms with Gasteiger partial charge in [-0.2, -0.15) is 22.0 Å². The van der Waals surface area contributed by atoms with Gasteiger partial charge in [0.1, 0.15) is 0 Å². The maximum absolute atomic E-state index is 11.3. The smallest absolute Gasteiger partial charge is 0.266 e. The number of rotatable bonds is 1. The van der Waals surface area contributed by atoms with Gasteiger partial charge in [-0.05, 0) is 0 Å². The van der Waals surface area contributed by atoms with Crippen LogP contribution in [0.4, 0.5) is 22.0 Å². The van der Waals surface area contributed by atoms with Crippen molar-refractivity contribution in [1.82, 2.24) is 0 Å². The monoisotopic (exact) mass is 147 g/mol. The highest BCUT2D eigenvalue weighted by atomic mass is 19.3. The molecule has 0 saturated heterocycles. The molecule has 0 aliphatic carbocycles. The summed E-state index contributed by atoms with van der Waals surface area (Å²) in [5.74, 6) is -2.89. The van der Waals surface area contributed by atoms with Crippen LogP contribution in [-0.4, -0.2) is 6.05 Å². The first-order valence-corrected chi connectivity index (χ1v) is 1.73. The molecule has 0 aromatic rings. The second-order valence-electron chi connectivity index (χ2n) is 1.20. The first-order valence-electron chi connectivity index (χ1n) is 1.73. The van der Waals surface area contributed by atoms with E-state index in [-0.39, 0.29) is 0 Å². The Hall–Kier alpha value is -0.650. The van der Waals surface area contributed by atoms with Crippen LogP contribution in [0.3, 0.4) is 0 Å². The lowest BCUT2D eigenvalue weighted by Gasteiger charge is -2.03. The van der Waals surface area contributed by atoms with Gasteiger partial charge in [0.15, 0.2) is 0 Å². The van der Waals surface area contributed by atoms with Crippen LogP contribution in [0, 0.1) is 0 Å². The predicted octanol–water partition coefficient (Wildman–Crippen LogP) is 1.62. The maximum atomic E-state index is 11.3. The Morgan fingerprint density at radius 2 is 1.44 bits per heavy atom. The molecule has 9 heavy (non-hydrogen) atoms. The fraction of sp³-hybridized carbons (Fsp3) is 0.333. The molecule has 0 amide bonds. The van der Waals surface area contributed by atoms with E-state index in [1.54, 1.807) is 0 Å². The number of halogens is 5. The molecule has 0 saturated carbocycles. The summed E-state index contributed by atoms with van der Waals surface area (Å²) >= 11 is 0. The summed E-state index contributed by atoms with van der Waals surface area (Å²) in [6, 6.07) is -4.56. The van der Waals surface area contributed by atoms with Crippen molar-refractivity contribution in [3.8, 4) is 0 Å². The molecular formula is C3H2F5N. The summed E-state index contributed by atoms with van der Waals surface area (Å²) in [5.41, 5.74) is 3.63. The minimum Gasteiger partial charge on any atom is -0.266 e. The molecule has 0 bridgehead atoms. The van der Waals surface area contributed by atoms with E-state index in [1.807, 2.05) is 0 Å². The van der Waals surface area contributed by atoms with Gasteiger partial charge < -0.3 is 0 Å². The molecule has 0 spiro atoms. The fourth-order valence-corrected chi connectivity index (χ4v) is 0.126. The van der Waals surface area contributed by atoms with Crippen LogP contribution in [0.5, 0.6) is 0 Å². The molecule has 0 aromatic heterocycles. The minimum absolute atomic E-state index is 2.89. The Labute approximate surface area is 46.9 Å². The van der Waals surface area contributed by atoms with Crippen molar-refractivity contribution in [3.63, 3.8) is 0 Å². The summed E-state index contributed by atoms with van der Waals surface area (Å²) in [6.45, 7) is 0. The third-order valence-corrected chi connectivity index (χ3v) is 0.459. The van der Waals surface area contributed by atoms with Gasteiger partial charge in [0.05, 0.1) is 0 Å². The second kappa shape index (κ2) is 2.30. The van der Waals surface area contributed by atoms with Crippen molar-refractivity contribution < 1.29 is 22.0 Å². The topological polar surface area (TPSA) is 26.0 Å². The molecule has 0 heterocycles. The van der Waals surface area contributed by atoms with Crippen LogP contribution < -0.4 is 5.73 Å². The van der Waals surface area contributed by atoms with Crippen molar-refractivity contribution in [2.24, 2.45) is 5.73 Å². The van der Waals surface area contributed by atoms with Gasteiger partial charge in [-0.15, -0.1) is 0 Å². The van der Waals surface area contributed by atoms with Gasteiger partial charge in [0.2, 0.25) is 5.83 Å². The van der Waals surface area contributed by atoms with Crippen LogP contribution in [0.2, 0.25) is 0 Å². The molecule has 0 aliphatic heterocycles. The number of alkyl halides is 2. The summed E-state index contributed by atoms with van der Waals surface area (Å²) in [4.78, 5) is 0. The zero-order valence-corrected chi connectivity index (χ0v) is 3.97. The lowest BCUT2D eigenvalue weighted by Crippen LogP contribution is -2.29. The van der Waals surface area contributed by atoms with Crippen molar-refractivity contribution in [1.29, 1.82) is 0 Å². The molecule has 0 aromatic carbocycles. The average molecular weight is 147 g/mol. The van der Waals surface area contributed by atoms with Gasteiger partial charge >= 0.3 is 12.1 Å². The Balaban J connectivity index is 4.40. The molecule has 2 N–H and O–H groups in total. The van der Waals surface area contributed by atoms with Gasteiger partial charge in [-0.25, -0.2) is 0 Å². The Morgan fingerprint density at radius 3 is 1.44 bits per heavy atom. The van der Waals surface area contributed by atoms with Crippen molar-refractivity contribution in [3.05, 3.63) is 11.9 Å². The minimum atomic E-state index is -4.56. The largest absolute Gasteiger partial charge is 0.358 e. The van der Waals surface area contributed by atoms with E-state index in [9.17, 15) is 22.0 Å². The lowest BCUT2D eigenvalue weighted by atomic mass is 10.5. The lowest BCUT2D eigenvalue weighted by molar-refractivity contribution is 0.0174. The molecule has 54 valence electrons. The van der Waals surface area contributed by atoms with E-state index in [1.165, 1.54) is 0 Å². The summed E-state index contributed by atoms with van der Waals surface area (Å²) < 4.78 is 55.5. The molecule has 0 fully saturated rings. The van der Waals surface area contributed by atoms with Gasteiger partial charge in [-0.3, -0.25) is 5.73 Å². The van der Waals surface area contributed by atoms with Crippen LogP contribution >= 0.6 is 0 Å². The molecule has 6 heteroatoms. The third-order valence-electron chi connectivity index (χ3n) is 0.459. The third kappa shape index (κ3) is 2.41. The van der Waals surface area contributed by atoms with Crippen LogP contribution in [-0.2, 0) is 0 Å². The Morgan fingerprint density at radius 1 is 1.11 bits per heavy atom. The van der Waals surface area contributed by atoms with Crippen LogP contribution in [0.1, 0.15) is 0 Å². The van der Waals surface area contributed by atoms with Crippen LogP contribution in [0.15, 0.2) is 11.9 Å². The predicted molar refractivity (Wildman–Crippen MR) is 19.5 cm³/mol. The van der Waals surface area contributed by atoms with E-state index >= 15 is 0 Å². The van der Waals surface area contributed by atoms with E-state index in [0.717, 1.165) is 0 Å². The highest BCUT2D eigenvalue weighted by molar-refractivity contribution is 5.00. The SMILES string of the molecule is NC(F)(F)C(F)=C(F)F. The van der Waals surface area contributed by atoms with Crippen molar-refractivity contribution in [2.45, 2.75) is 6.05 Å². The Kier molecular flexibility index (Phi) is 2.13. The molecule has 0 radical (unpaired) electrons. The maximum Gasteiger partial charge on any atom is 0.358 e. The molecule has 0 aliphatic rings. The highest BCUT2D eigenvalue weighted by Gasteiger charge is 2.33. The molecular weight excluding hydrogens is 145 g/mol. The molecule has 0 rings (SSSR count). The first-order chi connectivity index (χ1) is 3.85. The Bertz CT molecular complexity index is 130. The molecule has 0 atom stereocenters. The normalized spacial score (nSPS) is 11.3. The van der Waals surface area contributed by atoms with E-state index in [4.69, 9.17) is 0 Å². The van der Waals surface area contributed by atoms with Crippen LogP contribution in [0.25, 0.3) is 0 Å². The standard InChI is InChI=1S/C3H2F5N/c4-1(2(5)6)3(7,8)9/h9H2. The second-order valence-corrected chi connectivity index (χ2v) is 1.20.